The van der Waals surface area contributed by atoms with E-state index in [4.69, 9.17) is 0 Å². The third-order valence-electron chi connectivity index (χ3n) is 2.83. The molecule has 1 aromatic rings. The number of piperazine rings is 1. The van der Waals surface area contributed by atoms with Gasteiger partial charge in [-0.05, 0) is 17.7 Å². The molecule has 0 amide bonds. The fourth-order valence-corrected chi connectivity index (χ4v) is 1.86. The monoisotopic (exact) mass is 278 g/mol. The molecule has 1 atom stereocenters. The van der Waals surface area contributed by atoms with Crippen molar-refractivity contribution in [1.82, 2.24) is 10.6 Å². The summed E-state index contributed by atoms with van der Waals surface area (Å²) in [6.07, 6.45) is -8.32. The van der Waals surface area contributed by atoms with Crippen molar-refractivity contribution < 1.29 is 22.3 Å². The second kappa shape index (κ2) is 5.75. The molecule has 0 bridgehead atoms. The first-order valence-electron chi connectivity index (χ1n) is 5.88. The Bertz CT molecular complexity index is 405. The van der Waals surface area contributed by atoms with Crippen LogP contribution in [0.2, 0.25) is 0 Å². The fourth-order valence-electron chi connectivity index (χ4n) is 1.86. The molecule has 1 aliphatic rings. The molecule has 3 nitrogen and oxygen atoms in total. The Morgan fingerprint density at radius 3 is 2.37 bits per heavy atom. The van der Waals surface area contributed by atoms with Gasteiger partial charge >= 0.3 is 12.5 Å². The first kappa shape index (κ1) is 14.1. The van der Waals surface area contributed by atoms with E-state index in [1.54, 1.807) is 12.1 Å². The highest BCUT2D eigenvalue weighted by Gasteiger charge is 2.43. The van der Waals surface area contributed by atoms with Crippen molar-refractivity contribution in [1.29, 1.82) is 0 Å². The molecule has 106 valence electrons. The maximum Gasteiger partial charge on any atom is 0.461 e. The minimum absolute atomic E-state index is 0.0819. The molecule has 0 unspecified atom stereocenters. The van der Waals surface area contributed by atoms with Gasteiger partial charge < -0.3 is 15.4 Å². The van der Waals surface area contributed by atoms with Gasteiger partial charge in [-0.3, -0.25) is 0 Å². The summed E-state index contributed by atoms with van der Waals surface area (Å²) in [6.45, 7) is 2.41. The molecule has 0 spiro atoms. The molecule has 0 radical (unpaired) electrons. The van der Waals surface area contributed by atoms with E-state index in [-0.39, 0.29) is 11.8 Å². The molecular formula is C12H14F4N2O. The van der Waals surface area contributed by atoms with Gasteiger partial charge in [0.2, 0.25) is 0 Å². The Morgan fingerprint density at radius 2 is 1.84 bits per heavy atom. The molecule has 0 aliphatic carbocycles. The summed E-state index contributed by atoms with van der Waals surface area (Å²) in [5, 5.41) is 6.44. The molecule has 1 fully saturated rings. The Balaban J connectivity index is 2.02. The number of ether oxygens (including phenoxy) is 1. The standard InChI is InChI=1S/C12H14F4N2O/c13-11(14)12(15,16)19-9-3-1-8(2-4-9)10-7-17-5-6-18-10/h1-4,10-11,17-18H,5-7H2/t10-/m1/s1. The molecule has 1 aromatic carbocycles. The second-order valence-electron chi connectivity index (χ2n) is 4.24. The van der Waals surface area contributed by atoms with Gasteiger partial charge in [0.1, 0.15) is 5.75 Å². The lowest BCUT2D eigenvalue weighted by atomic mass is 10.1. The molecule has 1 saturated heterocycles. The molecule has 1 heterocycles. The predicted octanol–water partition coefficient (Wildman–Crippen LogP) is 2.16. The zero-order chi connectivity index (χ0) is 13.9. The van der Waals surface area contributed by atoms with Gasteiger partial charge in [-0.25, -0.2) is 0 Å². The van der Waals surface area contributed by atoms with Crippen LogP contribution in [0, 0.1) is 0 Å². The van der Waals surface area contributed by atoms with Crippen LogP contribution in [-0.4, -0.2) is 32.2 Å². The van der Waals surface area contributed by atoms with Crippen LogP contribution < -0.4 is 15.4 Å². The van der Waals surface area contributed by atoms with Crippen molar-refractivity contribution in [2.75, 3.05) is 19.6 Å². The van der Waals surface area contributed by atoms with Crippen LogP contribution >= 0.6 is 0 Å². The van der Waals surface area contributed by atoms with E-state index in [9.17, 15) is 17.6 Å². The Kier molecular flexibility index (Phi) is 4.26. The molecule has 1 aliphatic heterocycles. The molecule has 7 heteroatoms. The lowest BCUT2D eigenvalue weighted by molar-refractivity contribution is -0.253. The maximum atomic E-state index is 12.7. The van der Waals surface area contributed by atoms with Crippen LogP contribution in [0.25, 0.3) is 0 Å². The van der Waals surface area contributed by atoms with Crippen LogP contribution in [-0.2, 0) is 0 Å². The molecule has 0 aromatic heterocycles. The van der Waals surface area contributed by atoms with E-state index < -0.39 is 12.5 Å². The number of hydrogen-bond donors (Lipinski definition) is 2. The Morgan fingerprint density at radius 1 is 1.16 bits per heavy atom. The van der Waals surface area contributed by atoms with Crippen molar-refractivity contribution in [2.24, 2.45) is 0 Å². The number of nitrogens with one attached hydrogen (secondary N) is 2. The van der Waals surface area contributed by atoms with Crippen molar-refractivity contribution in [3.05, 3.63) is 29.8 Å². The third-order valence-corrected chi connectivity index (χ3v) is 2.83. The van der Waals surface area contributed by atoms with Gasteiger partial charge in [0.25, 0.3) is 0 Å². The van der Waals surface area contributed by atoms with Gasteiger partial charge in [-0.1, -0.05) is 12.1 Å². The average Bonchev–Trinajstić information content (AvgIpc) is 2.40. The summed E-state index contributed by atoms with van der Waals surface area (Å²) in [6, 6.07) is 5.78. The minimum atomic E-state index is -4.47. The normalized spacial score (nSPS) is 20.6. The van der Waals surface area contributed by atoms with Crippen LogP contribution in [0.1, 0.15) is 11.6 Å². The topological polar surface area (TPSA) is 33.3 Å². The highest BCUT2D eigenvalue weighted by Crippen LogP contribution is 2.28. The van der Waals surface area contributed by atoms with E-state index in [1.165, 1.54) is 12.1 Å². The summed E-state index contributed by atoms with van der Waals surface area (Å²) in [7, 11) is 0. The predicted molar refractivity (Wildman–Crippen MR) is 61.6 cm³/mol. The first-order valence-corrected chi connectivity index (χ1v) is 5.88. The van der Waals surface area contributed by atoms with Gasteiger partial charge in [-0.15, -0.1) is 0 Å². The van der Waals surface area contributed by atoms with Crippen molar-refractivity contribution in [2.45, 2.75) is 18.6 Å². The largest absolute Gasteiger partial charge is 0.461 e. The smallest absolute Gasteiger partial charge is 0.428 e. The molecule has 0 saturated carbocycles. The number of halogens is 4. The Labute approximate surface area is 107 Å². The van der Waals surface area contributed by atoms with E-state index in [1.807, 2.05) is 0 Å². The second-order valence-corrected chi connectivity index (χ2v) is 4.24. The van der Waals surface area contributed by atoms with E-state index in [0.717, 1.165) is 25.2 Å². The van der Waals surface area contributed by atoms with E-state index in [0.29, 0.717) is 0 Å². The SMILES string of the molecule is FC(F)C(F)(F)Oc1ccc([C@H]2CNCCN2)cc1. The van der Waals surface area contributed by atoms with Crippen molar-refractivity contribution in [3.8, 4) is 5.75 Å². The van der Waals surface area contributed by atoms with Gasteiger partial charge in [0.05, 0.1) is 0 Å². The number of alkyl halides is 4. The Hall–Kier alpha value is -1.34. The summed E-state index contributed by atoms with van der Waals surface area (Å²) >= 11 is 0. The summed E-state index contributed by atoms with van der Waals surface area (Å²) in [4.78, 5) is 0. The molecule has 2 rings (SSSR count). The quantitative estimate of drug-likeness (QED) is 0.828. The maximum absolute atomic E-state index is 12.7. The summed E-state index contributed by atoms with van der Waals surface area (Å²) in [5.41, 5.74) is 0.889. The average molecular weight is 278 g/mol. The van der Waals surface area contributed by atoms with Crippen molar-refractivity contribution in [3.63, 3.8) is 0 Å². The van der Waals surface area contributed by atoms with Crippen LogP contribution in [0.5, 0.6) is 5.75 Å². The van der Waals surface area contributed by atoms with Crippen molar-refractivity contribution >= 4 is 0 Å². The first-order chi connectivity index (χ1) is 8.99. The van der Waals surface area contributed by atoms with E-state index >= 15 is 0 Å². The lowest BCUT2D eigenvalue weighted by Crippen LogP contribution is -2.42. The zero-order valence-electron chi connectivity index (χ0n) is 10.0. The zero-order valence-corrected chi connectivity index (χ0v) is 10.0. The molecule has 19 heavy (non-hydrogen) atoms. The van der Waals surface area contributed by atoms with E-state index in [2.05, 4.69) is 15.4 Å². The lowest BCUT2D eigenvalue weighted by Gasteiger charge is -2.25. The van der Waals surface area contributed by atoms with Gasteiger partial charge in [-0.2, -0.15) is 17.6 Å². The molecule has 2 N–H and O–H groups in total. The highest BCUT2D eigenvalue weighted by atomic mass is 19.3. The highest BCUT2D eigenvalue weighted by molar-refractivity contribution is 5.30. The van der Waals surface area contributed by atoms with Gasteiger partial charge in [0.15, 0.2) is 0 Å². The van der Waals surface area contributed by atoms with Crippen LogP contribution in [0.15, 0.2) is 24.3 Å². The molecular weight excluding hydrogens is 264 g/mol. The number of rotatable bonds is 4. The number of hydrogen-bond acceptors (Lipinski definition) is 3. The van der Waals surface area contributed by atoms with Crippen LogP contribution in [0.3, 0.4) is 0 Å². The summed E-state index contributed by atoms with van der Waals surface area (Å²) in [5.74, 6) is -0.280. The van der Waals surface area contributed by atoms with Gasteiger partial charge in [0, 0.05) is 25.7 Å². The summed E-state index contributed by atoms with van der Waals surface area (Å²) < 4.78 is 53.3. The number of benzene rings is 1. The minimum Gasteiger partial charge on any atom is -0.428 e. The van der Waals surface area contributed by atoms with Crippen LogP contribution in [0.4, 0.5) is 17.6 Å². The third kappa shape index (κ3) is 3.57. The fraction of sp³-hybridized carbons (Fsp3) is 0.500.